The van der Waals surface area contributed by atoms with Gasteiger partial charge in [0.05, 0.1) is 6.54 Å². The second-order valence-corrected chi connectivity index (χ2v) is 7.11. The van der Waals surface area contributed by atoms with Crippen LogP contribution >= 0.6 is 24.0 Å². The standard InChI is InChI=1S/C19H31N5.HI/c20-19(23-17-8-4-3-5-9-17)22-15-16-10-11-18(21-14-16)24-12-6-1-2-7-13-24;/h10-11,14,17H,1-9,12-13,15H2,(H3,20,22,23);1H. The van der Waals surface area contributed by atoms with Gasteiger partial charge in [0, 0.05) is 25.3 Å². The fourth-order valence-corrected chi connectivity index (χ4v) is 3.68. The Kier molecular flexibility index (Phi) is 8.78. The minimum atomic E-state index is 0. The SMILES string of the molecule is I.NC(=NCc1ccc(N2CCCCCC2)nc1)NC1CCCCC1. The van der Waals surface area contributed by atoms with Crippen LogP contribution in [-0.2, 0) is 6.54 Å². The molecule has 1 aliphatic heterocycles. The number of rotatable bonds is 4. The zero-order valence-corrected chi connectivity index (χ0v) is 17.5. The molecule has 0 spiro atoms. The van der Waals surface area contributed by atoms with E-state index in [2.05, 4.69) is 32.3 Å². The maximum Gasteiger partial charge on any atom is 0.189 e. The molecule has 1 saturated carbocycles. The number of aromatic nitrogens is 1. The summed E-state index contributed by atoms with van der Waals surface area (Å²) >= 11 is 0. The van der Waals surface area contributed by atoms with Gasteiger partial charge in [0.15, 0.2) is 5.96 Å². The van der Waals surface area contributed by atoms with Crippen molar-refractivity contribution in [3.63, 3.8) is 0 Å². The number of pyridine rings is 1. The van der Waals surface area contributed by atoms with E-state index in [9.17, 15) is 0 Å². The summed E-state index contributed by atoms with van der Waals surface area (Å²) in [5, 5.41) is 3.36. The number of hydrogen-bond donors (Lipinski definition) is 2. The lowest BCUT2D eigenvalue weighted by molar-refractivity contribution is 0.412. The minimum Gasteiger partial charge on any atom is -0.370 e. The van der Waals surface area contributed by atoms with E-state index < -0.39 is 0 Å². The van der Waals surface area contributed by atoms with Crippen molar-refractivity contribution in [3.8, 4) is 0 Å². The number of aliphatic imine (C=N–C) groups is 1. The first-order valence-corrected chi connectivity index (χ1v) is 9.57. The fourth-order valence-electron chi connectivity index (χ4n) is 3.68. The van der Waals surface area contributed by atoms with E-state index in [4.69, 9.17) is 5.73 Å². The van der Waals surface area contributed by atoms with E-state index in [0.29, 0.717) is 18.5 Å². The molecule has 2 aliphatic rings. The van der Waals surface area contributed by atoms with Gasteiger partial charge < -0.3 is 16.0 Å². The predicted molar refractivity (Wildman–Crippen MR) is 116 cm³/mol. The van der Waals surface area contributed by atoms with Gasteiger partial charge in [0.25, 0.3) is 0 Å². The van der Waals surface area contributed by atoms with E-state index >= 15 is 0 Å². The zero-order valence-electron chi connectivity index (χ0n) is 15.1. The van der Waals surface area contributed by atoms with Crippen LogP contribution in [0.3, 0.4) is 0 Å². The van der Waals surface area contributed by atoms with E-state index in [1.807, 2.05) is 6.20 Å². The summed E-state index contributed by atoms with van der Waals surface area (Å²) in [5.74, 6) is 1.66. The Balaban J connectivity index is 0.00000225. The third-order valence-electron chi connectivity index (χ3n) is 5.13. The largest absolute Gasteiger partial charge is 0.370 e. The van der Waals surface area contributed by atoms with Gasteiger partial charge in [-0.2, -0.15) is 0 Å². The number of guanidine groups is 1. The lowest BCUT2D eigenvalue weighted by Gasteiger charge is -2.23. The first-order valence-electron chi connectivity index (χ1n) is 9.57. The molecule has 1 aromatic rings. The summed E-state index contributed by atoms with van der Waals surface area (Å²) in [6.45, 7) is 2.85. The van der Waals surface area contributed by atoms with Crippen molar-refractivity contribution in [2.75, 3.05) is 18.0 Å². The van der Waals surface area contributed by atoms with Crippen LogP contribution in [0.25, 0.3) is 0 Å². The van der Waals surface area contributed by atoms with Crippen molar-refractivity contribution < 1.29 is 0 Å². The van der Waals surface area contributed by atoms with Gasteiger partial charge in [0.2, 0.25) is 0 Å². The smallest absolute Gasteiger partial charge is 0.189 e. The summed E-state index contributed by atoms with van der Waals surface area (Å²) in [6, 6.07) is 4.76. The molecule has 0 aromatic carbocycles. The van der Waals surface area contributed by atoms with Crippen molar-refractivity contribution in [3.05, 3.63) is 23.9 Å². The number of nitrogens with one attached hydrogen (secondary N) is 1. The van der Waals surface area contributed by atoms with Gasteiger partial charge in [-0.25, -0.2) is 9.98 Å². The van der Waals surface area contributed by atoms with Gasteiger partial charge >= 0.3 is 0 Å². The van der Waals surface area contributed by atoms with Crippen LogP contribution in [0.4, 0.5) is 5.82 Å². The maximum absolute atomic E-state index is 6.03. The van der Waals surface area contributed by atoms with Crippen LogP contribution in [0.15, 0.2) is 23.3 Å². The van der Waals surface area contributed by atoms with Crippen LogP contribution in [0.5, 0.6) is 0 Å². The molecule has 0 bridgehead atoms. The van der Waals surface area contributed by atoms with Gasteiger partial charge in [0.1, 0.15) is 5.82 Å². The summed E-state index contributed by atoms with van der Waals surface area (Å²) in [5.41, 5.74) is 7.14. The molecule has 0 amide bonds. The Hall–Kier alpha value is -1.05. The molecule has 2 heterocycles. The molecular formula is C19H32IN5. The van der Waals surface area contributed by atoms with Gasteiger partial charge in [-0.1, -0.05) is 38.2 Å². The number of nitrogens with two attached hydrogens (primary N) is 1. The highest BCUT2D eigenvalue weighted by Crippen LogP contribution is 2.18. The molecule has 140 valence electrons. The van der Waals surface area contributed by atoms with Crippen molar-refractivity contribution in [1.29, 1.82) is 0 Å². The predicted octanol–water partition coefficient (Wildman–Crippen LogP) is 3.82. The molecule has 6 heteroatoms. The second kappa shape index (κ2) is 10.8. The lowest BCUT2D eigenvalue weighted by atomic mass is 9.96. The molecule has 1 aromatic heterocycles. The van der Waals surface area contributed by atoms with E-state index in [1.54, 1.807) is 0 Å². The Bertz CT molecular complexity index is 517. The molecular weight excluding hydrogens is 425 g/mol. The maximum atomic E-state index is 6.03. The molecule has 3 rings (SSSR count). The molecule has 2 fully saturated rings. The van der Waals surface area contributed by atoms with E-state index in [0.717, 1.165) is 24.5 Å². The molecule has 25 heavy (non-hydrogen) atoms. The summed E-state index contributed by atoms with van der Waals surface area (Å²) in [4.78, 5) is 11.5. The zero-order chi connectivity index (χ0) is 16.6. The van der Waals surface area contributed by atoms with Crippen LogP contribution < -0.4 is 16.0 Å². The van der Waals surface area contributed by atoms with Crippen molar-refractivity contribution >= 4 is 35.8 Å². The highest BCUT2D eigenvalue weighted by Gasteiger charge is 2.13. The first-order chi connectivity index (χ1) is 11.8. The Labute approximate surface area is 168 Å². The molecule has 1 saturated heterocycles. The number of hydrogen-bond acceptors (Lipinski definition) is 3. The van der Waals surface area contributed by atoms with Gasteiger partial charge in [-0.15, -0.1) is 24.0 Å². The van der Waals surface area contributed by atoms with E-state index in [-0.39, 0.29) is 24.0 Å². The first kappa shape index (κ1) is 20.3. The topological polar surface area (TPSA) is 66.5 Å². The normalized spacial score (nSPS) is 19.8. The van der Waals surface area contributed by atoms with Crippen molar-refractivity contribution in [2.45, 2.75) is 70.4 Å². The Morgan fingerprint density at radius 3 is 2.40 bits per heavy atom. The molecule has 0 atom stereocenters. The van der Waals surface area contributed by atoms with E-state index in [1.165, 1.54) is 57.8 Å². The average Bonchev–Trinajstić information content (AvgIpc) is 2.91. The van der Waals surface area contributed by atoms with Gasteiger partial charge in [-0.05, 0) is 37.3 Å². The van der Waals surface area contributed by atoms with Crippen LogP contribution in [0.2, 0.25) is 0 Å². The fraction of sp³-hybridized carbons (Fsp3) is 0.684. The highest BCUT2D eigenvalue weighted by atomic mass is 127. The Morgan fingerprint density at radius 1 is 1.08 bits per heavy atom. The Morgan fingerprint density at radius 2 is 1.76 bits per heavy atom. The summed E-state index contributed by atoms with van der Waals surface area (Å²) in [7, 11) is 0. The third kappa shape index (κ3) is 6.64. The average molecular weight is 457 g/mol. The highest BCUT2D eigenvalue weighted by molar-refractivity contribution is 14.0. The minimum absolute atomic E-state index is 0. The second-order valence-electron chi connectivity index (χ2n) is 7.11. The number of anilines is 1. The monoisotopic (exact) mass is 457 g/mol. The quantitative estimate of drug-likeness (QED) is 0.410. The molecule has 0 unspecified atom stereocenters. The number of nitrogens with zero attached hydrogens (tertiary/aromatic N) is 3. The van der Waals surface area contributed by atoms with Gasteiger partial charge in [-0.3, -0.25) is 0 Å². The third-order valence-corrected chi connectivity index (χ3v) is 5.13. The lowest BCUT2D eigenvalue weighted by Crippen LogP contribution is -2.41. The number of halogens is 1. The molecule has 1 aliphatic carbocycles. The molecule has 3 N–H and O–H groups in total. The summed E-state index contributed by atoms with van der Waals surface area (Å²) in [6.07, 6.45) is 13.5. The van der Waals surface area contributed by atoms with Crippen LogP contribution in [0, 0.1) is 0 Å². The van der Waals surface area contributed by atoms with Crippen molar-refractivity contribution in [2.24, 2.45) is 10.7 Å². The molecule has 0 radical (unpaired) electrons. The van der Waals surface area contributed by atoms with Crippen molar-refractivity contribution in [1.82, 2.24) is 10.3 Å². The van der Waals surface area contributed by atoms with Crippen LogP contribution in [0.1, 0.15) is 63.4 Å². The van der Waals surface area contributed by atoms with Crippen LogP contribution in [-0.4, -0.2) is 30.1 Å². The summed E-state index contributed by atoms with van der Waals surface area (Å²) < 4.78 is 0. The molecule has 5 nitrogen and oxygen atoms in total.